The second kappa shape index (κ2) is 8.66. The molecule has 0 saturated heterocycles. The predicted octanol–water partition coefficient (Wildman–Crippen LogP) is 4.68. The van der Waals surface area contributed by atoms with Crippen LogP contribution in [-0.4, -0.2) is 25.5 Å². The summed E-state index contributed by atoms with van der Waals surface area (Å²) in [6.07, 6.45) is 3.26. The van der Waals surface area contributed by atoms with Crippen molar-refractivity contribution < 1.29 is 26.7 Å². The molecule has 2 heterocycles. The molecule has 0 aliphatic carbocycles. The molecule has 0 fully saturated rings. The second-order valence-electron chi connectivity index (χ2n) is 6.80. The maximum Gasteiger partial charge on any atom is 0.249 e. The lowest BCUT2D eigenvalue weighted by Crippen LogP contribution is -2.26. The maximum absolute atomic E-state index is 14.0. The molecule has 12 heteroatoms. The summed E-state index contributed by atoms with van der Waals surface area (Å²) >= 11 is 5.85. The van der Waals surface area contributed by atoms with Gasteiger partial charge in [0.05, 0.1) is 40.4 Å². The van der Waals surface area contributed by atoms with E-state index in [1.807, 2.05) is 0 Å². The molecule has 1 unspecified atom stereocenters. The van der Waals surface area contributed by atoms with E-state index in [2.05, 4.69) is 15.5 Å². The number of carbonyl (C=O) groups is 1. The van der Waals surface area contributed by atoms with Gasteiger partial charge in [0, 0.05) is 6.20 Å². The number of benzene rings is 1. The van der Waals surface area contributed by atoms with Crippen molar-refractivity contribution in [3.05, 3.63) is 63.5 Å². The number of nitrogens with one attached hydrogen (secondary N) is 1. The minimum absolute atomic E-state index is 0.255. The van der Waals surface area contributed by atoms with Gasteiger partial charge in [-0.25, -0.2) is 22.0 Å². The highest BCUT2D eigenvalue weighted by atomic mass is 35.5. The van der Waals surface area contributed by atoms with Crippen LogP contribution in [0, 0.1) is 42.9 Å². The summed E-state index contributed by atoms with van der Waals surface area (Å²) in [6, 6.07) is -0.690. The fourth-order valence-electron chi connectivity index (χ4n) is 3.16. The fraction of sp³-hybridized carbons (Fsp3) is 0.316. The lowest BCUT2D eigenvalue weighted by Gasteiger charge is -2.16. The fourth-order valence-corrected chi connectivity index (χ4v) is 3.30. The van der Waals surface area contributed by atoms with E-state index in [4.69, 9.17) is 11.6 Å². The molecule has 3 aromatic rings. The standard InChI is InChI=1S/C19H17ClF5N5O/c1-4-12(30-6-10(20)5-26-30)19(31)27-18-8(2)28-29(9(18)3)7-11-13(21)15(23)17(25)16(24)14(11)22/h5-6,12H,4,7H2,1-3H3,(H,27,31). The van der Waals surface area contributed by atoms with Gasteiger partial charge < -0.3 is 5.32 Å². The Morgan fingerprint density at radius 1 is 1.10 bits per heavy atom. The number of hydrogen-bond acceptors (Lipinski definition) is 3. The van der Waals surface area contributed by atoms with Crippen LogP contribution in [0.4, 0.5) is 27.6 Å². The normalized spacial score (nSPS) is 12.3. The molecule has 1 amide bonds. The van der Waals surface area contributed by atoms with Gasteiger partial charge in [0.2, 0.25) is 11.7 Å². The van der Waals surface area contributed by atoms with E-state index in [-0.39, 0.29) is 11.4 Å². The van der Waals surface area contributed by atoms with Crippen LogP contribution in [0.25, 0.3) is 0 Å². The average molecular weight is 462 g/mol. The molecule has 0 radical (unpaired) electrons. The van der Waals surface area contributed by atoms with Crippen molar-refractivity contribution >= 4 is 23.2 Å². The summed E-state index contributed by atoms with van der Waals surface area (Å²) < 4.78 is 70.7. The Kier molecular flexibility index (Phi) is 6.35. The second-order valence-corrected chi connectivity index (χ2v) is 7.24. The quantitative estimate of drug-likeness (QED) is 0.329. The first kappa shape index (κ1) is 22.7. The zero-order valence-corrected chi connectivity index (χ0v) is 17.4. The van der Waals surface area contributed by atoms with Gasteiger partial charge in [-0.3, -0.25) is 14.2 Å². The summed E-state index contributed by atoms with van der Waals surface area (Å²) in [5, 5.41) is 11.1. The molecule has 1 atom stereocenters. The molecule has 1 N–H and O–H groups in total. The Labute approximate surface area is 178 Å². The number of anilines is 1. The summed E-state index contributed by atoms with van der Waals surface area (Å²) in [5.41, 5.74) is -0.214. The van der Waals surface area contributed by atoms with E-state index in [1.165, 1.54) is 30.9 Å². The van der Waals surface area contributed by atoms with Crippen molar-refractivity contribution in [1.82, 2.24) is 19.6 Å². The van der Waals surface area contributed by atoms with Gasteiger partial charge in [-0.2, -0.15) is 10.2 Å². The molecule has 0 aliphatic heterocycles. The van der Waals surface area contributed by atoms with Gasteiger partial charge in [0.15, 0.2) is 23.3 Å². The van der Waals surface area contributed by atoms with Crippen molar-refractivity contribution in [2.24, 2.45) is 0 Å². The van der Waals surface area contributed by atoms with E-state index >= 15 is 0 Å². The van der Waals surface area contributed by atoms with Gasteiger partial charge in [0.1, 0.15) is 6.04 Å². The Morgan fingerprint density at radius 2 is 1.68 bits per heavy atom. The topological polar surface area (TPSA) is 64.7 Å². The van der Waals surface area contributed by atoms with Gasteiger partial charge in [0.25, 0.3) is 0 Å². The number of aromatic nitrogens is 4. The highest BCUT2D eigenvalue weighted by Gasteiger charge is 2.27. The molecule has 0 bridgehead atoms. The van der Waals surface area contributed by atoms with E-state index in [1.54, 1.807) is 6.92 Å². The van der Waals surface area contributed by atoms with Crippen LogP contribution < -0.4 is 5.32 Å². The molecule has 166 valence electrons. The van der Waals surface area contributed by atoms with E-state index in [0.717, 1.165) is 4.68 Å². The van der Waals surface area contributed by atoms with Crippen LogP contribution in [0.3, 0.4) is 0 Å². The molecule has 3 rings (SSSR count). The Bertz CT molecular complexity index is 1130. The molecule has 31 heavy (non-hydrogen) atoms. The summed E-state index contributed by atoms with van der Waals surface area (Å²) in [6.45, 7) is 4.07. The largest absolute Gasteiger partial charge is 0.321 e. The summed E-state index contributed by atoms with van der Waals surface area (Å²) in [7, 11) is 0. The van der Waals surface area contributed by atoms with Crippen molar-refractivity contribution in [1.29, 1.82) is 0 Å². The SMILES string of the molecule is CCC(C(=O)Nc1c(C)nn(Cc2c(F)c(F)c(F)c(F)c2F)c1C)n1cc(Cl)cn1. The molecule has 2 aromatic heterocycles. The monoisotopic (exact) mass is 461 g/mol. The van der Waals surface area contributed by atoms with Crippen LogP contribution in [0.2, 0.25) is 5.02 Å². The number of rotatable bonds is 6. The third-order valence-electron chi connectivity index (χ3n) is 4.82. The van der Waals surface area contributed by atoms with Gasteiger partial charge in [-0.15, -0.1) is 0 Å². The van der Waals surface area contributed by atoms with Crippen LogP contribution in [0.15, 0.2) is 12.4 Å². The molecule has 0 saturated carbocycles. The molecule has 0 aliphatic rings. The summed E-state index contributed by atoms with van der Waals surface area (Å²) in [5.74, 6) is -10.6. The lowest BCUT2D eigenvalue weighted by atomic mass is 10.1. The minimum atomic E-state index is -2.23. The number of halogens is 6. The van der Waals surface area contributed by atoms with Crippen LogP contribution >= 0.6 is 11.6 Å². The maximum atomic E-state index is 14.0. The zero-order chi connectivity index (χ0) is 23.0. The first-order valence-corrected chi connectivity index (χ1v) is 9.49. The number of nitrogens with zero attached hydrogens (tertiary/aromatic N) is 4. The van der Waals surface area contributed by atoms with Crippen molar-refractivity contribution in [3.63, 3.8) is 0 Å². The van der Waals surface area contributed by atoms with E-state index < -0.39 is 53.1 Å². The molecular formula is C19H17ClF5N5O. The van der Waals surface area contributed by atoms with E-state index in [9.17, 15) is 26.7 Å². The number of aryl methyl sites for hydroxylation is 1. The van der Waals surface area contributed by atoms with Crippen LogP contribution in [0.5, 0.6) is 0 Å². The molecule has 0 spiro atoms. The third-order valence-corrected chi connectivity index (χ3v) is 5.01. The van der Waals surface area contributed by atoms with Crippen molar-refractivity contribution in [2.75, 3.05) is 5.32 Å². The third kappa shape index (κ3) is 4.14. The smallest absolute Gasteiger partial charge is 0.249 e. The Morgan fingerprint density at radius 3 is 2.19 bits per heavy atom. The van der Waals surface area contributed by atoms with Gasteiger partial charge in [-0.05, 0) is 20.3 Å². The zero-order valence-electron chi connectivity index (χ0n) is 16.6. The van der Waals surface area contributed by atoms with Crippen molar-refractivity contribution in [2.45, 2.75) is 39.8 Å². The van der Waals surface area contributed by atoms with E-state index in [0.29, 0.717) is 17.1 Å². The van der Waals surface area contributed by atoms with Gasteiger partial charge >= 0.3 is 0 Å². The predicted molar refractivity (Wildman–Crippen MR) is 102 cm³/mol. The van der Waals surface area contributed by atoms with Gasteiger partial charge in [-0.1, -0.05) is 18.5 Å². The highest BCUT2D eigenvalue weighted by molar-refractivity contribution is 6.30. The minimum Gasteiger partial charge on any atom is -0.321 e. The number of hydrogen-bond donors (Lipinski definition) is 1. The van der Waals surface area contributed by atoms with Crippen molar-refractivity contribution in [3.8, 4) is 0 Å². The molecule has 1 aromatic carbocycles. The molecular weight excluding hydrogens is 445 g/mol. The summed E-state index contributed by atoms with van der Waals surface area (Å²) in [4.78, 5) is 12.7. The van der Waals surface area contributed by atoms with Crippen LogP contribution in [-0.2, 0) is 11.3 Å². The first-order chi connectivity index (χ1) is 14.6. The molecule has 6 nitrogen and oxygen atoms in total. The first-order valence-electron chi connectivity index (χ1n) is 9.11. The number of amides is 1. The number of carbonyl (C=O) groups excluding carboxylic acids is 1. The lowest BCUT2D eigenvalue weighted by molar-refractivity contribution is -0.119. The highest BCUT2D eigenvalue weighted by Crippen LogP contribution is 2.27. The Balaban J connectivity index is 1.91. The average Bonchev–Trinajstić information content (AvgIpc) is 3.27. The Hall–Kier alpha value is -2.95. The van der Waals surface area contributed by atoms with Crippen LogP contribution in [0.1, 0.15) is 36.3 Å².